The molecule has 1 N–H and O–H groups in total. The smallest absolute Gasteiger partial charge is 0.317 e. The van der Waals surface area contributed by atoms with Gasteiger partial charge in [-0.15, -0.1) is 0 Å². The van der Waals surface area contributed by atoms with E-state index in [1.807, 2.05) is 23.1 Å². The van der Waals surface area contributed by atoms with E-state index >= 15 is 0 Å². The number of piperazine rings is 1. The van der Waals surface area contributed by atoms with E-state index in [1.54, 1.807) is 0 Å². The summed E-state index contributed by atoms with van der Waals surface area (Å²) in [6.07, 6.45) is 0. The summed E-state index contributed by atoms with van der Waals surface area (Å²) in [5.41, 5.74) is 2.74. The Balaban J connectivity index is 1.33. The van der Waals surface area contributed by atoms with Gasteiger partial charge >= 0.3 is 6.03 Å². The third kappa shape index (κ3) is 6.50. The van der Waals surface area contributed by atoms with Gasteiger partial charge in [0, 0.05) is 32.7 Å². The predicted molar refractivity (Wildman–Crippen MR) is 117 cm³/mol. The molecule has 0 saturated carbocycles. The van der Waals surface area contributed by atoms with Crippen molar-refractivity contribution < 1.29 is 9.53 Å². The summed E-state index contributed by atoms with van der Waals surface area (Å²) >= 11 is 0. The maximum absolute atomic E-state index is 12.4. The number of nitrogens with one attached hydrogen (secondary N) is 1. The Bertz CT molecular complexity index is 761. The first kappa shape index (κ1) is 21.2. The molecule has 1 aliphatic heterocycles. The Morgan fingerprint density at radius 3 is 2.24 bits per heavy atom. The summed E-state index contributed by atoms with van der Waals surface area (Å²) < 4.78 is 5.75. The molecule has 0 aromatic heterocycles. The molecule has 0 spiro atoms. The quantitative estimate of drug-likeness (QED) is 0.755. The summed E-state index contributed by atoms with van der Waals surface area (Å²) in [6.45, 7) is 11.8. The minimum absolute atomic E-state index is 0.00367. The Morgan fingerprint density at radius 2 is 1.62 bits per heavy atom. The van der Waals surface area contributed by atoms with E-state index in [0.717, 1.165) is 38.5 Å². The number of hydrogen-bond acceptors (Lipinski definition) is 3. The number of carbonyl (C=O) groups is 1. The molecule has 2 aromatic carbocycles. The normalized spacial score (nSPS) is 15.2. The molecule has 3 rings (SSSR count). The number of carbonyl (C=O) groups excluding carboxylic acids is 1. The van der Waals surface area contributed by atoms with Crippen LogP contribution in [-0.4, -0.2) is 55.2 Å². The van der Waals surface area contributed by atoms with Gasteiger partial charge in [-0.05, 0) is 28.7 Å². The van der Waals surface area contributed by atoms with Crippen molar-refractivity contribution in [2.45, 2.75) is 32.7 Å². The average Bonchev–Trinajstić information content (AvgIpc) is 2.72. The molecule has 5 nitrogen and oxygen atoms in total. The number of amides is 2. The molecule has 1 fully saturated rings. The molecular formula is C24H33N3O2. The SMILES string of the molecule is CC(C)(C)c1ccc(OCCNC(=O)N2CCN(Cc3ccccc3)CC2)cc1. The zero-order valence-corrected chi connectivity index (χ0v) is 17.9. The molecule has 0 radical (unpaired) electrons. The lowest BCUT2D eigenvalue weighted by Gasteiger charge is -2.34. The third-order valence-electron chi connectivity index (χ3n) is 5.28. The summed E-state index contributed by atoms with van der Waals surface area (Å²) in [4.78, 5) is 16.7. The number of urea groups is 1. The molecule has 0 atom stereocenters. The van der Waals surface area contributed by atoms with Crippen LogP contribution >= 0.6 is 0 Å². The Morgan fingerprint density at radius 1 is 0.966 bits per heavy atom. The van der Waals surface area contributed by atoms with Crippen molar-refractivity contribution in [1.82, 2.24) is 15.1 Å². The summed E-state index contributed by atoms with van der Waals surface area (Å²) in [5, 5.41) is 2.97. The van der Waals surface area contributed by atoms with E-state index in [4.69, 9.17) is 4.74 Å². The molecule has 29 heavy (non-hydrogen) atoms. The van der Waals surface area contributed by atoms with E-state index in [2.05, 4.69) is 67.4 Å². The zero-order valence-electron chi connectivity index (χ0n) is 17.9. The molecule has 0 unspecified atom stereocenters. The number of nitrogens with zero attached hydrogens (tertiary/aromatic N) is 2. The highest BCUT2D eigenvalue weighted by molar-refractivity contribution is 5.74. The standard InChI is InChI=1S/C24H33N3O2/c1-24(2,3)21-9-11-22(12-10-21)29-18-13-25-23(28)27-16-14-26(15-17-27)19-20-7-5-4-6-8-20/h4-12H,13-19H2,1-3H3,(H,25,28). The monoisotopic (exact) mass is 395 g/mol. The van der Waals surface area contributed by atoms with E-state index in [-0.39, 0.29) is 11.4 Å². The van der Waals surface area contributed by atoms with E-state index in [0.29, 0.717) is 13.2 Å². The van der Waals surface area contributed by atoms with Crippen molar-refractivity contribution in [1.29, 1.82) is 0 Å². The lowest BCUT2D eigenvalue weighted by atomic mass is 9.87. The van der Waals surface area contributed by atoms with Crippen molar-refractivity contribution in [2.24, 2.45) is 0 Å². The van der Waals surface area contributed by atoms with Crippen LogP contribution in [0.5, 0.6) is 5.75 Å². The highest BCUT2D eigenvalue weighted by atomic mass is 16.5. The first-order valence-electron chi connectivity index (χ1n) is 10.4. The number of hydrogen-bond donors (Lipinski definition) is 1. The van der Waals surface area contributed by atoms with Crippen molar-refractivity contribution in [3.05, 3.63) is 65.7 Å². The van der Waals surface area contributed by atoms with Crippen molar-refractivity contribution in [2.75, 3.05) is 39.3 Å². The van der Waals surface area contributed by atoms with Crippen LogP contribution in [-0.2, 0) is 12.0 Å². The van der Waals surface area contributed by atoms with Crippen LogP contribution in [0.3, 0.4) is 0 Å². The summed E-state index contributed by atoms with van der Waals surface area (Å²) in [5.74, 6) is 0.835. The van der Waals surface area contributed by atoms with Gasteiger partial charge in [0.25, 0.3) is 0 Å². The molecule has 1 saturated heterocycles. The van der Waals surface area contributed by atoms with Gasteiger partial charge in [0.1, 0.15) is 12.4 Å². The van der Waals surface area contributed by atoms with E-state index in [9.17, 15) is 4.79 Å². The summed E-state index contributed by atoms with van der Waals surface area (Å²) in [6, 6.07) is 18.7. The topological polar surface area (TPSA) is 44.8 Å². The first-order chi connectivity index (χ1) is 13.9. The molecule has 156 valence electrons. The molecule has 2 aromatic rings. The van der Waals surface area contributed by atoms with Gasteiger partial charge in [-0.2, -0.15) is 0 Å². The van der Waals surface area contributed by atoms with Crippen LogP contribution in [0.25, 0.3) is 0 Å². The summed E-state index contributed by atoms with van der Waals surface area (Å²) in [7, 11) is 0. The van der Waals surface area contributed by atoms with Crippen molar-refractivity contribution >= 4 is 6.03 Å². The molecule has 1 heterocycles. The number of ether oxygens (including phenoxy) is 1. The second kappa shape index (κ2) is 9.79. The zero-order chi connectivity index (χ0) is 20.7. The second-order valence-corrected chi connectivity index (χ2v) is 8.60. The molecule has 1 aliphatic rings. The molecule has 0 aliphatic carbocycles. The van der Waals surface area contributed by atoms with Crippen molar-refractivity contribution in [3.8, 4) is 5.75 Å². The Labute approximate surface area is 174 Å². The van der Waals surface area contributed by atoms with Crippen LogP contribution in [0.2, 0.25) is 0 Å². The predicted octanol–water partition coefficient (Wildman–Crippen LogP) is 3.89. The van der Waals surface area contributed by atoms with Gasteiger partial charge in [0.05, 0.1) is 6.54 Å². The number of benzene rings is 2. The van der Waals surface area contributed by atoms with Crippen LogP contribution < -0.4 is 10.1 Å². The van der Waals surface area contributed by atoms with Crippen LogP contribution in [0, 0.1) is 0 Å². The van der Waals surface area contributed by atoms with E-state index < -0.39 is 0 Å². The fourth-order valence-corrected chi connectivity index (χ4v) is 3.44. The second-order valence-electron chi connectivity index (χ2n) is 8.60. The molecule has 5 heteroatoms. The van der Waals surface area contributed by atoms with Gasteiger partial charge in [-0.1, -0.05) is 63.2 Å². The lowest BCUT2D eigenvalue weighted by molar-refractivity contribution is 0.134. The third-order valence-corrected chi connectivity index (χ3v) is 5.28. The first-order valence-corrected chi connectivity index (χ1v) is 10.4. The molecule has 2 amide bonds. The largest absolute Gasteiger partial charge is 0.492 e. The molecule has 0 bridgehead atoms. The molecular weight excluding hydrogens is 362 g/mol. The maximum Gasteiger partial charge on any atom is 0.317 e. The van der Waals surface area contributed by atoms with Gasteiger partial charge in [-0.25, -0.2) is 4.79 Å². The van der Waals surface area contributed by atoms with Gasteiger partial charge in [0.15, 0.2) is 0 Å². The van der Waals surface area contributed by atoms with E-state index in [1.165, 1.54) is 11.1 Å². The Kier molecular flexibility index (Phi) is 7.15. The maximum atomic E-state index is 12.4. The van der Waals surface area contributed by atoms with Gasteiger partial charge in [-0.3, -0.25) is 4.90 Å². The van der Waals surface area contributed by atoms with Crippen LogP contribution in [0.1, 0.15) is 31.9 Å². The van der Waals surface area contributed by atoms with Gasteiger partial charge in [0.2, 0.25) is 0 Å². The minimum Gasteiger partial charge on any atom is -0.492 e. The fraction of sp³-hybridized carbons (Fsp3) is 0.458. The Hall–Kier alpha value is -2.53. The van der Waals surface area contributed by atoms with Crippen molar-refractivity contribution in [3.63, 3.8) is 0 Å². The minimum atomic E-state index is -0.00367. The van der Waals surface area contributed by atoms with Crippen LogP contribution in [0.4, 0.5) is 4.79 Å². The average molecular weight is 396 g/mol. The highest BCUT2D eigenvalue weighted by Crippen LogP contribution is 2.24. The van der Waals surface area contributed by atoms with Gasteiger partial charge < -0.3 is 15.0 Å². The number of rotatable bonds is 6. The van der Waals surface area contributed by atoms with Crippen LogP contribution in [0.15, 0.2) is 54.6 Å². The fourth-order valence-electron chi connectivity index (χ4n) is 3.44. The lowest BCUT2D eigenvalue weighted by Crippen LogP contribution is -2.51. The highest BCUT2D eigenvalue weighted by Gasteiger charge is 2.20.